The van der Waals surface area contributed by atoms with Crippen molar-refractivity contribution in [2.75, 3.05) is 0 Å². The van der Waals surface area contributed by atoms with E-state index in [1.54, 1.807) is 16.7 Å². The Bertz CT molecular complexity index is 364. The van der Waals surface area contributed by atoms with Crippen LogP contribution in [0.15, 0.2) is 18.2 Å². The molecule has 0 radical (unpaired) electrons. The molecule has 100 valence electrons. The van der Waals surface area contributed by atoms with Gasteiger partial charge in [0.2, 0.25) is 0 Å². The summed E-state index contributed by atoms with van der Waals surface area (Å²) in [6.07, 6.45) is 12.2. The summed E-state index contributed by atoms with van der Waals surface area (Å²) in [4.78, 5) is 0. The summed E-state index contributed by atoms with van der Waals surface area (Å²) >= 11 is 0. The van der Waals surface area contributed by atoms with Gasteiger partial charge in [0.25, 0.3) is 0 Å². The topological polar surface area (TPSA) is 0 Å². The highest BCUT2D eigenvalue weighted by molar-refractivity contribution is 5.34. The minimum Gasteiger partial charge on any atom is -0.0654 e. The Morgan fingerprint density at radius 1 is 1.06 bits per heavy atom. The van der Waals surface area contributed by atoms with Crippen LogP contribution >= 0.6 is 0 Å². The van der Waals surface area contributed by atoms with E-state index in [1.165, 1.54) is 57.8 Å². The van der Waals surface area contributed by atoms with E-state index in [1.807, 2.05) is 0 Å². The van der Waals surface area contributed by atoms with Crippen LogP contribution in [0.1, 0.15) is 69.1 Å². The van der Waals surface area contributed by atoms with Gasteiger partial charge in [-0.05, 0) is 48.3 Å². The Balaban J connectivity index is 1.93. The molecule has 0 spiro atoms. The van der Waals surface area contributed by atoms with Gasteiger partial charge in [-0.3, -0.25) is 0 Å². The third-order valence-corrected chi connectivity index (χ3v) is 4.36. The molecule has 1 aromatic rings. The highest BCUT2D eigenvalue weighted by atomic mass is 14.2. The standard InChI is InChI=1S/C18H28/c1-3-5-6-8-16-10-12-17-13-15(7-4-2)9-11-18(17)14-16/h9,11,13,16H,3-8,10,12,14H2,1-2H3. The van der Waals surface area contributed by atoms with Crippen molar-refractivity contribution in [2.45, 2.75) is 71.6 Å². The predicted octanol–water partition coefficient (Wildman–Crippen LogP) is 5.32. The van der Waals surface area contributed by atoms with Crippen molar-refractivity contribution in [3.63, 3.8) is 0 Å². The Morgan fingerprint density at radius 2 is 1.94 bits per heavy atom. The molecule has 0 heterocycles. The molecule has 0 heteroatoms. The van der Waals surface area contributed by atoms with E-state index in [4.69, 9.17) is 0 Å². The molecule has 0 saturated heterocycles. The Kier molecular flexibility index (Phi) is 5.28. The molecule has 0 fully saturated rings. The van der Waals surface area contributed by atoms with Crippen LogP contribution in [-0.2, 0) is 19.3 Å². The number of benzene rings is 1. The van der Waals surface area contributed by atoms with Gasteiger partial charge in [-0.25, -0.2) is 0 Å². The van der Waals surface area contributed by atoms with E-state index in [9.17, 15) is 0 Å². The van der Waals surface area contributed by atoms with E-state index < -0.39 is 0 Å². The highest BCUT2D eigenvalue weighted by Crippen LogP contribution is 2.29. The van der Waals surface area contributed by atoms with Gasteiger partial charge in [0, 0.05) is 0 Å². The summed E-state index contributed by atoms with van der Waals surface area (Å²) in [7, 11) is 0. The van der Waals surface area contributed by atoms with E-state index in [0.717, 1.165) is 5.92 Å². The fourth-order valence-electron chi connectivity index (χ4n) is 3.26. The maximum Gasteiger partial charge on any atom is -0.0248 e. The fourth-order valence-corrected chi connectivity index (χ4v) is 3.26. The predicted molar refractivity (Wildman–Crippen MR) is 80.1 cm³/mol. The fraction of sp³-hybridized carbons (Fsp3) is 0.667. The van der Waals surface area contributed by atoms with Crippen molar-refractivity contribution in [1.82, 2.24) is 0 Å². The van der Waals surface area contributed by atoms with Gasteiger partial charge in [-0.1, -0.05) is 64.2 Å². The van der Waals surface area contributed by atoms with Gasteiger partial charge >= 0.3 is 0 Å². The molecule has 0 amide bonds. The first kappa shape index (κ1) is 13.6. The molecule has 0 aliphatic heterocycles. The average molecular weight is 244 g/mol. The Labute approximate surface area is 113 Å². The van der Waals surface area contributed by atoms with E-state index >= 15 is 0 Å². The minimum absolute atomic E-state index is 0.959. The molecule has 1 aromatic carbocycles. The monoisotopic (exact) mass is 244 g/mol. The summed E-state index contributed by atoms with van der Waals surface area (Å²) < 4.78 is 0. The van der Waals surface area contributed by atoms with Crippen molar-refractivity contribution in [3.8, 4) is 0 Å². The molecule has 18 heavy (non-hydrogen) atoms. The van der Waals surface area contributed by atoms with Crippen LogP contribution in [-0.4, -0.2) is 0 Å². The summed E-state index contributed by atoms with van der Waals surface area (Å²) in [6.45, 7) is 4.56. The summed E-state index contributed by atoms with van der Waals surface area (Å²) in [5.74, 6) is 0.959. The number of aryl methyl sites for hydroxylation is 2. The van der Waals surface area contributed by atoms with Crippen LogP contribution in [0.5, 0.6) is 0 Å². The molecule has 0 bridgehead atoms. The highest BCUT2D eigenvalue weighted by Gasteiger charge is 2.18. The minimum atomic E-state index is 0.959. The number of hydrogen-bond donors (Lipinski definition) is 0. The molecule has 1 aliphatic carbocycles. The molecule has 0 aromatic heterocycles. The molecule has 0 nitrogen and oxygen atoms in total. The molecular formula is C18H28. The second-order valence-electron chi connectivity index (χ2n) is 5.96. The van der Waals surface area contributed by atoms with E-state index in [2.05, 4.69) is 32.0 Å². The van der Waals surface area contributed by atoms with Gasteiger partial charge in [0.1, 0.15) is 0 Å². The van der Waals surface area contributed by atoms with Crippen molar-refractivity contribution < 1.29 is 0 Å². The van der Waals surface area contributed by atoms with Gasteiger partial charge in [0.15, 0.2) is 0 Å². The van der Waals surface area contributed by atoms with Crippen molar-refractivity contribution in [2.24, 2.45) is 5.92 Å². The quantitative estimate of drug-likeness (QED) is 0.594. The summed E-state index contributed by atoms with van der Waals surface area (Å²) in [5, 5.41) is 0. The SMILES string of the molecule is CCCCCC1CCc2cc(CCC)ccc2C1. The van der Waals surface area contributed by atoms with Crippen LogP contribution in [0, 0.1) is 5.92 Å². The van der Waals surface area contributed by atoms with Crippen molar-refractivity contribution in [3.05, 3.63) is 34.9 Å². The van der Waals surface area contributed by atoms with Crippen molar-refractivity contribution >= 4 is 0 Å². The zero-order valence-electron chi connectivity index (χ0n) is 12.2. The van der Waals surface area contributed by atoms with Crippen LogP contribution in [0.25, 0.3) is 0 Å². The van der Waals surface area contributed by atoms with Crippen molar-refractivity contribution in [1.29, 1.82) is 0 Å². The number of rotatable bonds is 6. The summed E-state index contributed by atoms with van der Waals surface area (Å²) in [6, 6.07) is 7.24. The molecule has 2 rings (SSSR count). The smallest absolute Gasteiger partial charge is 0.0248 e. The Morgan fingerprint density at radius 3 is 2.72 bits per heavy atom. The third kappa shape index (κ3) is 3.60. The molecular weight excluding hydrogens is 216 g/mol. The number of fused-ring (bicyclic) bond motifs is 1. The number of hydrogen-bond acceptors (Lipinski definition) is 0. The molecule has 1 aliphatic rings. The molecule has 1 unspecified atom stereocenters. The van der Waals surface area contributed by atoms with E-state index in [0.29, 0.717) is 0 Å². The third-order valence-electron chi connectivity index (χ3n) is 4.36. The Hall–Kier alpha value is -0.780. The van der Waals surface area contributed by atoms with Gasteiger partial charge in [-0.2, -0.15) is 0 Å². The maximum absolute atomic E-state index is 2.47. The lowest BCUT2D eigenvalue weighted by molar-refractivity contribution is 0.408. The van der Waals surface area contributed by atoms with E-state index in [-0.39, 0.29) is 0 Å². The van der Waals surface area contributed by atoms with Crippen LogP contribution in [0.2, 0.25) is 0 Å². The first-order chi connectivity index (χ1) is 8.83. The normalized spacial score (nSPS) is 18.7. The van der Waals surface area contributed by atoms with Crippen LogP contribution < -0.4 is 0 Å². The lowest BCUT2D eigenvalue weighted by atomic mass is 9.80. The van der Waals surface area contributed by atoms with Crippen LogP contribution in [0.4, 0.5) is 0 Å². The first-order valence-electron chi connectivity index (χ1n) is 7.94. The largest absolute Gasteiger partial charge is 0.0654 e. The second-order valence-corrected chi connectivity index (χ2v) is 5.96. The number of unbranched alkanes of at least 4 members (excludes halogenated alkanes) is 2. The second kappa shape index (κ2) is 6.97. The average Bonchev–Trinajstić information content (AvgIpc) is 2.39. The van der Waals surface area contributed by atoms with Crippen LogP contribution in [0.3, 0.4) is 0 Å². The maximum atomic E-state index is 2.47. The van der Waals surface area contributed by atoms with Gasteiger partial charge < -0.3 is 0 Å². The lowest BCUT2D eigenvalue weighted by Gasteiger charge is -2.25. The zero-order chi connectivity index (χ0) is 12.8. The zero-order valence-corrected chi connectivity index (χ0v) is 12.2. The molecule has 0 N–H and O–H groups in total. The van der Waals surface area contributed by atoms with Gasteiger partial charge in [0.05, 0.1) is 0 Å². The van der Waals surface area contributed by atoms with Gasteiger partial charge in [-0.15, -0.1) is 0 Å². The summed E-state index contributed by atoms with van der Waals surface area (Å²) in [5.41, 5.74) is 4.83. The molecule has 1 atom stereocenters. The first-order valence-corrected chi connectivity index (χ1v) is 7.94. The molecule has 0 saturated carbocycles. The lowest BCUT2D eigenvalue weighted by Crippen LogP contribution is -2.14.